The molecule has 1 aliphatic carbocycles. The molecule has 82 valence electrons. The van der Waals surface area contributed by atoms with Gasteiger partial charge < -0.3 is 10.8 Å². The zero-order valence-corrected chi connectivity index (χ0v) is 9.64. The summed E-state index contributed by atoms with van der Waals surface area (Å²) >= 11 is 5.87. The molecule has 15 heavy (non-hydrogen) atoms. The first-order valence-corrected chi connectivity index (χ1v) is 5.65. The summed E-state index contributed by atoms with van der Waals surface area (Å²) in [5.41, 5.74) is 8.38. The van der Waals surface area contributed by atoms with Crippen LogP contribution < -0.4 is 5.73 Å². The number of phenols is 1. The van der Waals surface area contributed by atoms with Crippen molar-refractivity contribution in [1.82, 2.24) is 0 Å². The Balaban J connectivity index is 2.10. The predicted molar refractivity (Wildman–Crippen MR) is 62.3 cm³/mol. The Kier molecular flexibility index (Phi) is 2.65. The van der Waals surface area contributed by atoms with Crippen molar-refractivity contribution in [3.05, 3.63) is 28.3 Å². The van der Waals surface area contributed by atoms with Gasteiger partial charge in [-0.1, -0.05) is 11.6 Å². The number of benzene rings is 1. The largest absolute Gasteiger partial charge is 0.506 e. The molecule has 0 saturated heterocycles. The van der Waals surface area contributed by atoms with Gasteiger partial charge in [-0.05, 0) is 55.9 Å². The highest BCUT2D eigenvalue weighted by atomic mass is 35.5. The number of aryl methyl sites for hydroxylation is 2. The third-order valence-electron chi connectivity index (χ3n) is 3.19. The van der Waals surface area contributed by atoms with Crippen molar-refractivity contribution < 1.29 is 5.11 Å². The highest BCUT2D eigenvalue weighted by Crippen LogP contribution is 2.37. The Morgan fingerprint density at radius 3 is 2.73 bits per heavy atom. The minimum absolute atomic E-state index is 0.0802. The summed E-state index contributed by atoms with van der Waals surface area (Å²) in [6, 6.07) is 3.56. The molecular formula is C12H16ClNO. The fourth-order valence-corrected chi connectivity index (χ4v) is 1.96. The zero-order chi connectivity index (χ0) is 11.1. The third-order valence-corrected chi connectivity index (χ3v) is 3.49. The van der Waals surface area contributed by atoms with Gasteiger partial charge in [-0.25, -0.2) is 0 Å². The normalized spacial score (nSPS) is 17.8. The number of nitrogens with two attached hydrogens (primary N) is 1. The average Bonchev–Trinajstić information content (AvgIpc) is 2.89. The lowest BCUT2D eigenvalue weighted by molar-refractivity contribution is 0.474. The number of hydrogen-bond acceptors (Lipinski definition) is 2. The van der Waals surface area contributed by atoms with E-state index in [1.54, 1.807) is 6.07 Å². The van der Waals surface area contributed by atoms with Crippen LogP contribution in [0.3, 0.4) is 0 Å². The molecule has 0 unspecified atom stereocenters. The van der Waals surface area contributed by atoms with Gasteiger partial charge in [-0.15, -0.1) is 0 Å². The van der Waals surface area contributed by atoms with E-state index < -0.39 is 0 Å². The third kappa shape index (κ3) is 2.44. The standard InChI is InChI=1S/C12H16ClNO/c1-8-6-11(15)10(13)7-9(8)2-3-12(14)4-5-12/h6-7,15H,2-5,14H2,1H3. The van der Waals surface area contributed by atoms with E-state index in [2.05, 4.69) is 0 Å². The van der Waals surface area contributed by atoms with Gasteiger partial charge in [-0.3, -0.25) is 0 Å². The van der Waals surface area contributed by atoms with Crippen LogP contribution in [0.2, 0.25) is 5.02 Å². The van der Waals surface area contributed by atoms with Gasteiger partial charge in [0, 0.05) is 5.54 Å². The van der Waals surface area contributed by atoms with Crippen molar-refractivity contribution in [3.63, 3.8) is 0 Å². The topological polar surface area (TPSA) is 46.2 Å². The number of aromatic hydroxyl groups is 1. The number of halogens is 1. The highest BCUT2D eigenvalue weighted by Gasteiger charge is 2.37. The van der Waals surface area contributed by atoms with E-state index in [9.17, 15) is 5.11 Å². The molecule has 3 N–H and O–H groups in total. The number of phenolic OH excluding ortho intramolecular Hbond substituents is 1. The SMILES string of the molecule is Cc1cc(O)c(Cl)cc1CCC1(N)CC1. The second-order valence-electron chi connectivity index (χ2n) is 4.59. The molecule has 1 saturated carbocycles. The Labute approximate surface area is 95.1 Å². The molecule has 1 fully saturated rings. The Morgan fingerprint density at radius 2 is 2.13 bits per heavy atom. The molecule has 2 nitrogen and oxygen atoms in total. The molecule has 0 bridgehead atoms. The molecule has 3 heteroatoms. The molecule has 0 radical (unpaired) electrons. The first-order valence-electron chi connectivity index (χ1n) is 5.27. The van der Waals surface area contributed by atoms with Crippen molar-refractivity contribution in [2.75, 3.05) is 0 Å². The summed E-state index contributed by atoms with van der Waals surface area (Å²) in [4.78, 5) is 0. The molecule has 1 aromatic carbocycles. The van der Waals surface area contributed by atoms with Crippen LogP contribution in [0.4, 0.5) is 0 Å². The molecule has 0 aromatic heterocycles. The van der Waals surface area contributed by atoms with Crippen molar-refractivity contribution in [2.24, 2.45) is 5.73 Å². The molecule has 2 rings (SSSR count). The molecule has 1 aromatic rings. The molecule has 0 atom stereocenters. The second kappa shape index (κ2) is 3.69. The fraction of sp³-hybridized carbons (Fsp3) is 0.500. The molecule has 0 heterocycles. The molecule has 1 aliphatic rings. The van der Waals surface area contributed by atoms with Crippen LogP contribution in [-0.4, -0.2) is 10.6 Å². The maximum absolute atomic E-state index is 9.41. The fourth-order valence-electron chi connectivity index (χ4n) is 1.77. The summed E-state index contributed by atoms with van der Waals surface area (Å²) in [6.07, 6.45) is 4.23. The van der Waals surface area contributed by atoms with E-state index >= 15 is 0 Å². The van der Waals surface area contributed by atoms with Crippen LogP contribution in [0.5, 0.6) is 5.75 Å². The highest BCUT2D eigenvalue weighted by molar-refractivity contribution is 6.32. The van der Waals surface area contributed by atoms with Crippen molar-refractivity contribution in [2.45, 2.75) is 38.1 Å². The lowest BCUT2D eigenvalue weighted by Gasteiger charge is -2.11. The smallest absolute Gasteiger partial charge is 0.134 e. The first kappa shape index (κ1) is 10.8. The van der Waals surface area contributed by atoms with Crippen LogP contribution in [-0.2, 0) is 6.42 Å². The van der Waals surface area contributed by atoms with Crippen LogP contribution >= 0.6 is 11.6 Å². The summed E-state index contributed by atoms with van der Waals surface area (Å²) in [6.45, 7) is 1.99. The van der Waals surface area contributed by atoms with E-state index in [-0.39, 0.29) is 11.3 Å². The van der Waals surface area contributed by atoms with E-state index in [4.69, 9.17) is 17.3 Å². The van der Waals surface area contributed by atoms with Crippen molar-refractivity contribution in [3.8, 4) is 5.75 Å². The molecule has 0 spiro atoms. The summed E-state index contributed by atoms with van der Waals surface area (Å²) in [7, 11) is 0. The second-order valence-corrected chi connectivity index (χ2v) is 5.00. The van der Waals surface area contributed by atoms with Gasteiger partial charge >= 0.3 is 0 Å². The molecular weight excluding hydrogens is 210 g/mol. The van der Waals surface area contributed by atoms with Crippen molar-refractivity contribution >= 4 is 11.6 Å². The molecule has 0 aliphatic heterocycles. The maximum atomic E-state index is 9.41. The monoisotopic (exact) mass is 225 g/mol. The van der Waals surface area contributed by atoms with Gasteiger partial charge in [0.2, 0.25) is 0 Å². The van der Waals surface area contributed by atoms with Crippen molar-refractivity contribution in [1.29, 1.82) is 0 Å². The van der Waals surface area contributed by atoms with Crippen LogP contribution in [0.25, 0.3) is 0 Å². The van der Waals surface area contributed by atoms with Gasteiger partial charge in [0.15, 0.2) is 0 Å². The van der Waals surface area contributed by atoms with Gasteiger partial charge in [0.25, 0.3) is 0 Å². The van der Waals surface area contributed by atoms with Gasteiger partial charge in [0.05, 0.1) is 5.02 Å². The summed E-state index contributed by atoms with van der Waals surface area (Å²) < 4.78 is 0. The Hall–Kier alpha value is -0.730. The number of rotatable bonds is 3. The quantitative estimate of drug-likeness (QED) is 0.831. The van der Waals surface area contributed by atoms with E-state index in [0.29, 0.717) is 5.02 Å². The first-order chi connectivity index (χ1) is 7.00. The zero-order valence-electron chi connectivity index (χ0n) is 8.89. The minimum Gasteiger partial charge on any atom is -0.506 e. The summed E-state index contributed by atoms with van der Waals surface area (Å²) in [5, 5.41) is 9.84. The average molecular weight is 226 g/mol. The van der Waals surface area contributed by atoms with Crippen LogP contribution in [0.15, 0.2) is 12.1 Å². The minimum atomic E-state index is 0.0802. The van der Waals surface area contributed by atoms with Gasteiger partial charge in [0.1, 0.15) is 5.75 Å². The summed E-state index contributed by atoms with van der Waals surface area (Å²) in [5.74, 6) is 0.159. The lowest BCUT2D eigenvalue weighted by Crippen LogP contribution is -2.22. The van der Waals surface area contributed by atoms with Crippen LogP contribution in [0.1, 0.15) is 30.4 Å². The lowest BCUT2D eigenvalue weighted by atomic mass is 10.00. The van der Waals surface area contributed by atoms with E-state index in [1.165, 1.54) is 5.56 Å². The van der Waals surface area contributed by atoms with Gasteiger partial charge in [-0.2, -0.15) is 0 Å². The van der Waals surface area contributed by atoms with E-state index in [0.717, 1.165) is 31.2 Å². The molecule has 0 amide bonds. The Morgan fingerprint density at radius 1 is 1.47 bits per heavy atom. The predicted octanol–water partition coefficient (Wildman–Crippen LogP) is 2.78. The van der Waals surface area contributed by atoms with Crippen LogP contribution in [0, 0.1) is 6.92 Å². The Bertz CT molecular complexity index is 385. The van der Waals surface area contributed by atoms with E-state index in [1.807, 2.05) is 13.0 Å². The number of hydrogen-bond donors (Lipinski definition) is 2. The maximum Gasteiger partial charge on any atom is 0.134 e.